The number of aromatic nitrogens is 1. The quantitative estimate of drug-likeness (QED) is 0.428. The van der Waals surface area contributed by atoms with Crippen LogP contribution in [0.2, 0.25) is 10.0 Å². The van der Waals surface area contributed by atoms with Gasteiger partial charge in [0.1, 0.15) is 11.6 Å². The summed E-state index contributed by atoms with van der Waals surface area (Å²) in [5, 5.41) is 3.95. The highest BCUT2D eigenvalue weighted by atomic mass is 35.5. The van der Waals surface area contributed by atoms with Gasteiger partial charge in [0.15, 0.2) is 0 Å². The van der Waals surface area contributed by atoms with Gasteiger partial charge in [-0.15, -0.1) is 0 Å². The van der Waals surface area contributed by atoms with Gasteiger partial charge in [-0.3, -0.25) is 14.2 Å². The molecule has 0 fully saturated rings. The molecular weight excluding hydrogens is 437 g/mol. The van der Waals surface area contributed by atoms with Crippen molar-refractivity contribution in [1.82, 2.24) is 4.57 Å². The molecule has 0 saturated heterocycles. The van der Waals surface area contributed by atoms with Gasteiger partial charge in [0, 0.05) is 16.6 Å². The number of nitrogens with one attached hydrogen (secondary N) is 1. The molecule has 0 unspecified atom stereocenters. The number of anilines is 2. The molecule has 3 aromatic carbocycles. The average Bonchev–Trinajstić information content (AvgIpc) is 3.07. The normalized spacial score (nSPS) is 10.8. The minimum atomic E-state index is -0.431. The third-order valence-electron chi connectivity index (χ3n) is 4.86. The minimum absolute atomic E-state index is 0.0308. The topological polar surface area (TPSA) is 86.3 Å². The maximum absolute atomic E-state index is 13.2. The third-order valence-corrected chi connectivity index (χ3v) is 5.59. The first-order chi connectivity index (χ1) is 14.9. The van der Waals surface area contributed by atoms with E-state index in [1.54, 1.807) is 61.7 Å². The summed E-state index contributed by atoms with van der Waals surface area (Å²) in [5.74, 6) is -0.153. The molecule has 6 nitrogen and oxygen atoms in total. The molecule has 8 heteroatoms. The maximum atomic E-state index is 13.2. The van der Waals surface area contributed by atoms with E-state index >= 15 is 0 Å². The largest absolute Gasteiger partial charge is 0.497 e. The maximum Gasteiger partial charge on any atom is 0.264 e. The molecule has 0 radical (unpaired) electrons. The van der Waals surface area contributed by atoms with Gasteiger partial charge in [-0.1, -0.05) is 41.4 Å². The number of methoxy groups -OCH3 is 1. The van der Waals surface area contributed by atoms with Crippen molar-refractivity contribution in [2.75, 3.05) is 18.2 Å². The first kappa shape index (κ1) is 20.8. The number of carbonyl (C=O) groups is 2. The molecule has 1 heterocycles. The molecule has 4 rings (SSSR count). The Labute approximate surface area is 188 Å². The molecule has 1 amide bonds. The fraction of sp³-hybridized carbons (Fsp3) is 0.0435. The molecule has 1 aromatic heterocycles. The highest BCUT2D eigenvalue weighted by Crippen LogP contribution is 2.31. The summed E-state index contributed by atoms with van der Waals surface area (Å²) in [5.41, 5.74) is 7.91. The summed E-state index contributed by atoms with van der Waals surface area (Å²) in [6, 6.07) is 18.5. The smallest absolute Gasteiger partial charge is 0.264 e. The molecule has 0 aliphatic rings. The van der Waals surface area contributed by atoms with Crippen LogP contribution in [0.25, 0.3) is 10.9 Å². The third kappa shape index (κ3) is 3.83. The highest BCUT2D eigenvalue weighted by molar-refractivity contribution is 6.42. The number of carbonyl (C=O) groups excluding carboxylic acids is 2. The van der Waals surface area contributed by atoms with Crippen LogP contribution in [0.5, 0.6) is 5.75 Å². The Hall–Kier alpha value is -3.48. The van der Waals surface area contributed by atoms with Gasteiger partial charge in [0.25, 0.3) is 11.8 Å². The van der Waals surface area contributed by atoms with Crippen LogP contribution in [-0.4, -0.2) is 23.5 Å². The van der Waals surface area contributed by atoms with Crippen molar-refractivity contribution < 1.29 is 14.3 Å². The Morgan fingerprint density at radius 1 is 0.968 bits per heavy atom. The monoisotopic (exact) mass is 453 g/mol. The Kier molecular flexibility index (Phi) is 5.59. The number of rotatable bonds is 4. The average molecular weight is 454 g/mol. The summed E-state index contributed by atoms with van der Waals surface area (Å²) in [4.78, 5) is 26.3. The van der Waals surface area contributed by atoms with Crippen LogP contribution in [0.15, 0.2) is 66.7 Å². The van der Waals surface area contributed by atoms with Gasteiger partial charge in [0.05, 0.1) is 28.2 Å². The fourth-order valence-corrected chi connectivity index (χ4v) is 3.64. The lowest BCUT2D eigenvalue weighted by molar-refractivity contribution is 0.0967. The van der Waals surface area contributed by atoms with E-state index < -0.39 is 11.8 Å². The number of ether oxygens (including phenoxy) is 1. The van der Waals surface area contributed by atoms with Gasteiger partial charge in [-0.05, 0) is 48.5 Å². The van der Waals surface area contributed by atoms with E-state index in [4.69, 9.17) is 33.7 Å². The van der Waals surface area contributed by atoms with E-state index in [1.807, 2.05) is 0 Å². The van der Waals surface area contributed by atoms with Gasteiger partial charge < -0.3 is 15.8 Å². The van der Waals surface area contributed by atoms with Crippen molar-refractivity contribution in [2.45, 2.75) is 0 Å². The molecule has 0 aliphatic carbocycles. The van der Waals surface area contributed by atoms with Crippen molar-refractivity contribution in [3.8, 4) is 5.75 Å². The number of nitrogen functional groups attached to an aromatic ring is 1. The second kappa shape index (κ2) is 8.34. The predicted molar refractivity (Wildman–Crippen MR) is 123 cm³/mol. The summed E-state index contributed by atoms with van der Waals surface area (Å²) >= 11 is 12.0. The van der Waals surface area contributed by atoms with Crippen molar-refractivity contribution >= 4 is 57.4 Å². The number of para-hydroxylation sites is 1. The highest BCUT2D eigenvalue weighted by Gasteiger charge is 2.25. The number of benzene rings is 3. The summed E-state index contributed by atoms with van der Waals surface area (Å²) in [6.45, 7) is 0. The predicted octanol–water partition coefficient (Wildman–Crippen LogP) is 5.48. The van der Waals surface area contributed by atoms with Crippen LogP contribution < -0.4 is 15.8 Å². The molecule has 3 N–H and O–H groups in total. The van der Waals surface area contributed by atoms with Crippen LogP contribution >= 0.6 is 23.2 Å². The first-order valence-corrected chi connectivity index (χ1v) is 10.0. The zero-order valence-corrected chi connectivity index (χ0v) is 17.9. The van der Waals surface area contributed by atoms with Crippen molar-refractivity contribution in [3.05, 3.63) is 87.9 Å². The van der Waals surface area contributed by atoms with Gasteiger partial charge in [-0.25, -0.2) is 0 Å². The molecule has 0 atom stereocenters. The van der Waals surface area contributed by atoms with E-state index in [-0.39, 0.29) is 16.4 Å². The summed E-state index contributed by atoms with van der Waals surface area (Å²) in [7, 11) is 1.56. The van der Waals surface area contributed by atoms with E-state index in [2.05, 4.69) is 5.32 Å². The van der Waals surface area contributed by atoms with E-state index in [0.717, 1.165) is 0 Å². The second-order valence-corrected chi connectivity index (χ2v) is 7.54. The standard InChI is InChI=1S/C23H17Cl2N3O3/c1-31-15-9-7-14(8-10-15)27-22(29)20-16-4-2-3-5-19(16)28(21(20)26)23(30)13-6-11-17(24)18(25)12-13/h2-12H,26H2,1H3,(H,27,29). The van der Waals surface area contributed by atoms with E-state index in [0.29, 0.717) is 32.9 Å². The lowest BCUT2D eigenvalue weighted by Crippen LogP contribution is -2.18. The van der Waals surface area contributed by atoms with Crippen molar-refractivity contribution in [2.24, 2.45) is 0 Å². The Morgan fingerprint density at radius 2 is 1.68 bits per heavy atom. The Morgan fingerprint density at radius 3 is 2.35 bits per heavy atom. The zero-order valence-electron chi connectivity index (χ0n) is 16.4. The number of nitrogens with zero attached hydrogens (tertiary/aromatic N) is 1. The van der Waals surface area contributed by atoms with Gasteiger partial charge in [0.2, 0.25) is 0 Å². The summed E-state index contributed by atoms with van der Waals surface area (Å²) < 4.78 is 6.44. The van der Waals surface area contributed by atoms with E-state index in [1.165, 1.54) is 16.7 Å². The zero-order chi connectivity index (χ0) is 22.1. The molecule has 0 spiro atoms. The van der Waals surface area contributed by atoms with Crippen LogP contribution in [0.3, 0.4) is 0 Å². The van der Waals surface area contributed by atoms with Crippen LogP contribution in [0.4, 0.5) is 11.5 Å². The number of fused-ring (bicyclic) bond motifs is 1. The number of halogens is 2. The van der Waals surface area contributed by atoms with Crippen LogP contribution in [0.1, 0.15) is 20.7 Å². The number of hydrogen-bond donors (Lipinski definition) is 2. The number of amides is 1. The Bertz CT molecular complexity index is 1310. The lowest BCUT2D eigenvalue weighted by atomic mass is 10.1. The molecule has 156 valence electrons. The minimum Gasteiger partial charge on any atom is -0.497 e. The second-order valence-electron chi connectivity index (χ2n) is 6.73. The van der Waals surface area contributed by atoms with Crippen LogP contribution in [-0.2, 0) is 0 Å². The molecule has 4 aromatic rings. The van der Waals surface area contributed by atoms with Crippen molar-refractivity contribution in [3.63, 3.8) is 0 Å². The van der Waals surface area contributed by atoms with Gasteiger partial charge in [-0.2, -0.15) is 0 Å². The SMILES string of the molecule is COc1ccc(NC(=O)c2c(N)n(C(=O)c3ccc(Cl)c(Cl)c3)c3ccccc23)cc1. The molecule has 0 aliphatic heterocycles. The van der Waals surface area contributed by atoms with E-state index in [9.17, 15) is 9.59 Å². The molecular formula is C23H17Cl2N3O3. The Balaban J connectivity index is 1.78. The molecule has 0 bridgehead atoms. The first-order valence-electron chi connectivity index (χ1n) is 9.24. The summed E-state index contributed by atoms with van der Waals surface area (Å²) in [6.07, 6.45) is 0. The fourth-order valence-electron chi connectivity index (χ4n) is 3.34. The van der Waals surface area contributed by atoms with Crippen molar-refractivity contribution in [1.29, 1.82) is 0 Å². The molecule has 31 heavy (non-hydrogen) atoms. The lowest BCUT2D eigenvalue weighted by Gasteiger charge is -2.09. The number of hydrogen-bond acceptors (Lipinski definition) is 4. The van der Waals surface area contributed by atoms with Gasteiger partial charge >= 0.3 is 0 Å². The number of nitrogens with two attached hydrogens (primary N) is 1. The van der Waals surface area contributed by atoms with Crippen LogP contribution in [0, 0.1) is 0 Å². The molecule has 0 saturated carbocycles.